The van der Waals surface area contributed by atoms with Crippen molar-refractivity contribution in [2.45, 2.75) is 32.6 Å². The van der Waals surface area contributed by atoms with Crippen molar-refractivity contribution in [1.82, 2.24) is 4.90 Å². The van der Waals surface area contributed by atoms with Crippen molar-refractivity contribution >= 4 is 5.69 Å². The summed E-state index contributed by atoms with van der Waals surface area (Å²) < 4.78 is 11.2. The van der Waals surface area contributed by atoms with Crippen LogP contribution in [-0.4, -0.2) is 42.4 Å². The Bertz CT molecular complexity index is 535. The molecule has 0 spiro atoms. The summed E-state index contributed by atoms with van der Waals surface area (Å²) in [5.74, 6) is 0.477. The molecule has 2 aliphatic rings. The number of rotatable bonds is 4. The molecule has 0 N–H and O–H groups in total. The van der Waals surface area contributed by atoms with Crippen LogP contribution in [0.4, 0.5) is 5.69 Å². The minimum absolute atomic E-state index is 0.0262. The summed E-state index contributed by atoms with van der Waals surface area (Å²) in [6.07, 6.45) is 2.08. The molecule has 0 atom stereocenters. The highest BCUT2D eigenvalue weighted by Gasteiger charge is 2.30. The molecule has 2 fully saturated rings. The summed E-state index contributed by atoms with van der Waals surface area (Å²) in [6.45, 7) is 5.98. The van der Waals surface area contributed by atoms with Gasteiger partial charge < -0.3 is 9.47 Å². The van der Waals surface area contributed by atoms with Gasteiger partial charge in [0.05, 0.1) is 18.1 Å². The van der Waals surface area contributed by atoms with Crippen LogP contribution < -0.4 is 0 Å². The minimum Gasteiger partial charge on any atom is -0.350 e. The van der Waals surface area contributed by atoms with Gasteiger partial charge >= 0.3 is 0 Å². The first kappa shape index (κ1) is 15.4. The molecular formula is C16H22N2O4. The van der Waals surface area contributed by atoms with E-state index in [1.807, 2.05) is 13.0 Å². The second-order valence-electron chi connectivity index (χ2n) is 6.04. The summed E-state index contributed by atoms with van der Waals surface area (Å²) in [6, 6.07) is 5.32. The second kappa shape index (κ2) is 6.73. The van der Waals surface area contributed by atoms with Crippen LogP contribution in [0.5, 0.6) is 0 Å². The van der Waals surface area contributed by atoms with E-state index in [0.717, 1.165) is 43.6 Å². The Morgan fingerprint density at radius 2 is 1.95 bits per heavy atom. The average Bonchev–Trinajstić information content (AvgIpc) is 3.04. The number of piperidine rings is 1. The predicted octanol–water partition coefficient (Wildman–Crippen LogP) is 2.49. The van der Waals surface area contributed by atoms with Crippen molar-refractivity contribution in [3.8, 4) is 0 Å². The van der Waals surface area contributed by atoms with Gasteiger partial charge in [-0.05, 0) is 38.4 Å². The van der Waals surface area contributed by atoms with Gasteiger partial charge in [0, 0.05) is 24.1 Å². The van der Waals surface area contributed by atoms with Crippen molar-refractivity contribution in [1.29, 1.82) is 0 Å². The van der Waals surface area contributed by atoms with Crippen molar-refractivity contribution in [3.63, 3.8) is 0 Å². The lowest BCUT2D eigenvalue weighted by molar-refractivity contribution is -0.385. The molecule has 2 saturated heterocycles. The maximum absolute atomic E-state index is 11.0. The van der Waals surface area contributed by atoms with Crippen LogP contribution in [0.25, 0.3) is 0 Å². The molecule has 0 amide bonds. The molecule has 0 aliphatic carbocycles. The molecule has 1 aromatic carbocycles. The topological polar surface area (TPSA) is 64.8 Å². The van der Waals surface area contributed by atoms with Crippen molar-refractivity contribution in [2.75, 3.05) is 26.3 Å². The predicted molar refractivity (Wildman–Crippen MR) is 81.5 cm³/mol. The quantitative estimate of drug-likeness (QED) is 0.631. The van der Waals surface area contributed by atoms with Crippen LogP contribution in [0.15, 0.2) is 18.2 Å². The van der Waals surface area contributed by atoms with Crippen LogP contribution >= 0.6 is 0 Å². The smallest absolute Gasteiger partial charge is 0.272 e. The normalized spacial score (nSPS) is 21.3. The largest absolute Gasteiger partial charge is 0.350 e. The van der Waals surface area contributed by atoms with E-state index < -0.39 is 0 Å². The zero-order valence-electron chi connectivity index (χ0n) is 12.9. The van der Waals surface area contributed by atoms with Gasteiger partial charge in [0.1, 0.15) is 0 Å². The van der Waals surface area contributed by atoms with Crippen molar-refractivity contribution in [2.24, 2.45) is 5.92 Å². The van der Waals surface area contributed by atoms with Crippen LogP contribution in [0.2, 0.25) is 0 Å². The third kappa shape index (κ3) is 3.29. The van der Waals surface area contributed by atoms with Gasteiger partial charge in [-0.25, -0.2) is 0 Å². The van der Waals surface area contributed by atoms with Crippen LogP contribution in [0.3, 0.4) is 0 Å². The number of hydrogen-bond acceptors (Lipinski definition) is 5. The standard InChI is InChI=1S/C16H22N2O4/c1-12-14(3-2-4-15(12)18(19)20)11-17-7-5-13(6-8-17)16-21-9-10-22-16/h2-4,13,16H,5-11H2,1H3. The van der Waals surface area contributed by atoms with Crippen LogP contribution in [0, 0.1) is 23.0 Å². The molecule has 6 nitrogen and oxygen atoms in total. The van der Waals surface area contributed by atoms with E-state index in [2.05, 4.69) is 4.90 Å². The lowest BCUT2D eigenvalue weighted by Gasteiger charge is -2.34. The summed E-state index contributed by atoms with van der Waals surface area (Å²) in [5, 5.41) is 11.0. The minimum atomic E-state index is -0.306. The average molecular weight is 306 g/mol. The number of nitrogens with zero attached hydrogens (tertiary/aromatic N) is 2. The Morgan fingerprint density at radius 3 is 2.59 bits per heavy atom. The molecular weight excluding hydrogens is 284 g/mol. The molecule has 0 saturated carbocycles. The first-order valence-electron chi connectivity index (χ1n) is 7.83. The first-order valence-corrected chi connectivity index (χ1v) is 7.83. The van der Waals surface area contributed by atoms with Gasteiger partial charge in [0.2, 0.25) is 0 Å². The molecule has 0 unspecified atom stereocenters. The number of ether oxygens (including phenoxy) is 2. The molecule has 2 heterocycles. The van der Waals surface area contributed by atoms with E-state index in [-0.39, 0.29) is 16.9 Å². The molecule has 2 aliphatic heterocycles. The number of likely N-dealkylation sites (tertiary alicyclic amines) is 1. The fraction of sp³-hybridized carbons (Fsp3) is 0.625. The van der Waals surface area contributed by atoms with Crippen molar-refractivity contribution < 1.29 is 14.4 Å². The van der Waals surface area contributed by atoms with E-state index in [1.165, 1.54) is 0 Å². The van der Waals surface area contributed by atoms with Gasteiger partial charge in [-0.1, -0.05) is 12.1 Å². The first-order chi connectivity index (χ1) is 10.6. The monoisotopic (exact) mass is 306 g/mol. The Morgan fingerprint density at radius 1 is 1.27 bits per heavy atom. The molecule has 3 rings (SSSR count). The van der Waals surface area contributed by atoms with Crippen LogP contribution in [-0.2, 0) is 16.0 Å². The van der Waals surface area contributed by atoms with E-state index in [9.17, 15) is 10.1 Å². The molecule has 120 valence electrons. The van der Waals surface area contributed by atoms with Gasteiger partial charge in [0.25, 0.3) is 5.69 Å². The maximum atomic E-state index is 11.0. The van der Waals surface area contributed by atoms with Crippen LogP contribution in [0.1, 0.15) is 24.0 Å². The van der Waals surface area contributed by atoms with E-state index in [0.29, 0.717) is 19.1 Å². The fourth-order valence-electron chi connectivity index (χ4n) is 3.31. The molecule has 0 radical (unpaired) electrons. The Labute approximate surface area is 130 Å². The summed E-state index contributed by atoms with van der Waals surface area (Å²) in [5.41, 5.74) is 2.03. The van der Waals surface area contributed by atoms with E-state index >= 15 is 0 Å². The van der Waals surface area contributed by atoms with E-state index in [4.69, 9.17) is 9.47 Å². The van der Waals surface area contributed by atoms with Gasteiger partial charge in [-0.2, -0.15) is 0 Å². The molecule has 6 heteroatoms. The zero-order chi connectivity index (χ0) is 15.5. The number of nitro groups is 1. The molecule has 22 heavy (non-hydrogen) atoms. The summed E-state index contributed by atoms with van der Waals surface area (Å²) in [4.78, 5) is 13.1. The second-order valence-corrected chi connectivity index (χ2v) is 6.04. The maximum Gasteiger partial charge on any atom is 0.272 e. The molecule has 0 aromatic heterocycles. The molecule has 0 bridgehead atoms. The highest BCUT2D eigenvalue weighted by atomic mass is 16.7. The van der Waals surface area contributed by atoms with E-state index in [1.54, 1.807) is 12.1 Å². The third-order valence-corrected chi connectivity index (χ3v) is 4.67. The Balaban J connectivity index is 1.59. The van der Waals surface area contributed by atoms with Gasteiger partial charge in [-0.3, -0.25) is 15.0 Å². The SMILES string of the molecule is Cc1c(CN2CCC(C3OCCO3)CC2)cccc1[N+](=O)[O-]. The zero-order valence-corrected chi connectivity index (χ0v) is 12.9. The number of hydrogen-bond donors (Lipinski definition) is 0. The molecule has 1 aromatic rings. The number of benzene rings is 1. The third-order valence-electron chi connectivity index (χ3n) is 4.67. The Hall–Kier alpha value is -1.50. The van der Waals surface area contributed by atoms with Gasteiger partial charge in [-0.15, -0.1) is 0 Å². The van der Waals surface area contributed by atoms with Crippen molar-refractivity contribution in [3.05, 3.63) is 39.4 Å². The highest BCUT2D eigenvalue weighted by molar-refractivity contribution is 5.44. The number of nitro benzene ring substituents is 1. The summed E-state index contributed by atoms with van der Waals surface area (Å²) >= 11 is 0. The lowest BCUT2D eigenvalue weighted by Crippen LogP contribution is -2.37. The van der Waals surface area contributed by atoms with Gasteiger partial charge in [0.15, 0.2) is 6.29 Å². The fourth-order valence-corrected chi connectivity index (χ4v) is 3.31. The Kier molecular flexibility index (Phi) is 4.71. The summed E-state index contributed by atoms with van der Waals surface area (Å²) in [7, 11) is 0. The lowest BCUT2D eigenvalue weighted by atomic mass is 9.95. The highest BCUT2D eigenvalue weighted by Crippen LogP contribution is 2.28.